The number of rotatable bonds is 9. The Labute approximate surface area is 180 Å². The van der Waals surface area contributed by atoms with E-state index in [9.17, 15) is 22.8 Å². The van der Waals surface area contributed by atoms with Crippen LogP contribution in [0.4, 0.5) is 4.79 Å². The van der Waals surface area contributed by atoms with Crippen LogP contribution >= 0.6 is 0 Å². The van der Waals surface area contributed by atoms with Gasteiger partial charge in [0.1, 0.15) is 18.4 Å². The summed E-state index contributed by atoms with van der Waals surface area (Å²) in [7, 11) is -2.54. The minimum Gasteiger partial charge on any atom is -0.497 e. The second kappa shape index (κ2) is 10.3. The summed E-state index contributed by atoms with van der Waals surface area (Å²) in [6.45, 7) is 4.21. The first-order chi connectivity index (χ1) is 14.6. The quantitative estimate of drug-likeness (QED) is 0.454. The minimum atomic E-state index is -3.99. The number of urea groups is 1. The summed E-state index contributed by atoms with van der Waals surface area (Å²) in [6.07, 6.45) is 0. The number of methoxy groups -OCH3 is 1. The first-order valence-electron chi connectivity index (χ1n) is 9.39. The fourth-order valence-electron chi connectivity index (χ4n) is 2.77. The Hall–Kier alpha value is -3.12. The van der Waals surface area contributed by atoms with Crippen LogP contribution < -0.4 is 20.1 Å². The van der Waals surface area contributed by atoms with Crippen LogP contribution in [0, 0.1) is 0 Å². The van der Waals surface area contributed by atoms with Gasteiger partial charge < -0.3 is 24.8 Å². The third kappa shape index (κ3) is 6.18. The van der Waals surface area contributed by atoms with Crippen LogP contribution in [0.15, 0.2) is 40.4 Å². The second-order valence-corrected chi connectivity index (χ2v) is 8.27. The zero-order valence-corrected chi connectivity index (χ0v) is 18.4. The number of carbonyl (C=O) groups is 3. The van der Waals surface area contributed by atoms with Crippen LogP contribution in [-0.2, 0) is 29.1 Å². The molecule has 1 aromatic carbocycles. The Bertz CT molecular complexity index is 972. The van der Waals surface area contributed by atoms with Crippen molar-refractivity contribution in [3.63, 3.8) is 0 Å². The van der Waals surface area contributed by atoms with Crippen LogP contribution in [0.5, 0.6) is 5.75 Å². The van der Waals surface area contributed by atoms with Crippen molar-refractivity contribution in [2.24, 2.45) is 0 Å². The van der Waals surface area contributed by atoms with E-state index < -0.39 is 46.7 Å². The molecular weight excluding hydrogens is 430 g/mol. The Morgan fingerprint density at radius 1 is 1.19 bits per heavy atom. The van der Waals surface area contributed by atoms with Crippen LogP contribution in [0.2, 0.25) is 0 Å². The van der Waals surface area contributed by atoms with Crippen molar-refractivity contribution >= 4 is 28.0 Å². The maximum absolute atomic E-state index is 12.5. The first kappa shape index (κ1) is 24.2. The summed E-state index contributed by atoms with van der Waals surface area (Å²) in [5.74, 6) is -1.08. The SMILES string of the molecule is CCOC(=O)C1=C(COC(=O)[C@H](C)NS(=O)(=O)c2ccc(OC)cc2)NC(=O)NC1C. The number of esters is 2. The highest BCUT2D eigenvalue weighted by Crippen LogP contribution is 2.17. The van der Waals surface area contributed by atoms with Gasteiger partial charge in [-0.3, -0.25) is 4.79 Å². The molecule has 12 heteroatoms. The molecule has 0 saturated carbocycles. The monoisotopic (exact) mass is 455 g/mol. The topological polar surface area (TPSA) is 149 Å². The largest absolute Gasteiger partial charge is 0.497 e. The Morgan fingerprint density at radius 2 is 1.84 bits per heavy atom. The summed E-state index contributed by atoms with van der Waals surface area (Å²) >= 11 is 0. The van der Waals surface area contributed by atoms with Crippen molar-refractivity contribution in [1.29, 1.82) is 0 Å². The van der Waals surface area contributed by atoms with Crippen molar-refractivity contribution in [1.82, 2.24) is 15.4 Å². The molecule has 2 amide bonds. The molecule has 31 heavy (non-hydrogen) atoms. The van der Waals surface area contributed by atoms with Crippen LogP contribution in [0.25, 0.3) is 0 Å². The number of amides is 2. The normalized spacial score (nSPS) is 17.3. The number of nitrogens with one attached hydrogen (secondary N) is 3. The summed E-state index contributed by atoms with van der Waals surface area (Å²) < 4.78 is 42.2. The lowest BCUT2D eigenvalue weighted by Crippen LogP contribution is -2.50. The van der Waals surface area contributed by atoms with Gasteiger partial charge in [0.15, 0.2) is 0 Å². The van der Waals surface area contributed by atoms with Crippen molar-refractivity contribution in [2.75, 3.05) is 20.3 Å². The molecule has 0 bridgehead atoms. The summed E-state index contributed by atoms with van der Waals surface area (Å²) in [6, 6.07) is 3.16. The molecule has 0 fully saturated rings. The molecule has 0 aliphatic carbocycles. The molecule has 0 spiro atoms. The van der Waals surface area contributed by atoms with E-state index in [1.165, 1.54) is 38.3 Å². The predicted molar refractivity (Wildman–Crippen MR) is 109 cm³/mol. The van der Waals surface area contributed by atoms with E-state index in [1.54, 1.807) is 13.8 Å². The lowest BCUT2D eigenvalue weighted by molar-refractivity contribution is -0.145. The minimum absolute atomic E-state index is 0.0558. The van der Waals surface area contributed by atoms with Crippen LogP contribution in [-0.4, -0.2) is 58.8 Å². The average molecular weight is 455 g/mol. The Balaban J connectivity index is 2.08. The van der Waals surface area contributed by atoms with Gasteiger partial charge in [-0.2, -0.15) is 4.72 Å². The van der Waals surface area contributed by atoms with Gasteiger partial charge in [-0.05, 0) is 45.0 Å². The second-order valence-electron chi connectivity index (χ2n) is 6.56. The molecule has 0 saturated heterocycles. The molecule has 2 rings (SSSR count). The molecule has 0 aromatic heterocycles. The van der Waals surface area contributed by atoms with Gasteiger partial charge in [0.25, 0.3) is 0 Å². The number of carbonyl (C=O) groups excluding carboxylic acids is 3. The van der Waals surface area contributed by atoms with E-state index in [-0.39, 0.29) is 22.8 Å². The van der Waals surface area contributed by atoms with Gasteiger partial charge in [0.05, 0.1) is 35.9 Å². The Kier molecular flexibility index (Phi) is 8.00. The molecule has 2 atom stereocenters. The highest BCUT2D eigenvalue weighted by molar-refractivity contribution is 7.89. The lowest BCUT2D eigenvalue weighted by atomic mass is 10.0. The molecule has 3 N–H and O–H groups in total. The highest BCUT2D eigenvalue weighted by Gasteiger charge is 2.31. The first-order valence-corrected chi connectivity index (χ1v) is 10.9. The molecule has 0 radical (unpaired) electrons. The molecule has 170 valence electrons. The number of benzene rings is 1. The summed E-state index contributed by atoms with van der Waals surface area (Å²) in [4.78, 5) is 36.2. The summed E-state index contributed by atoms with van der Waals surface area (Å²) in [5, 5.41) is 4.93. The van der Waals surface area contributed by atoms with E-state index in [1.807, 2.05) is 0 Å². The van der Waals surface area contributed by atoms with Gasteiger partial charge in [0, 0.05) is 0 Å². The lowest BCUT2D eigenvalue weighted by Gasteiger charge is -2.26. The number of hydrogen-bond donors (Lipinski definition) is 3. The molecule has 1 unspecified atom stereocenters. The maximum atomic E-state index is 12.5. The third-order valence-electron chi connectivity index (χ3n) is 4.28. The fourth-order valence-corrected chi connectivity index (χ4v) is 3.96. The summed E-state index contributed by atoms with van der Waals surface area (Å²) in [5.41, 5.74) is 0.175. The van der Waals surface area contributed by atoms with Crippen molar-refractivity contribution in [3.8, 4) is 5.75 Å². The predicted octanol–water partition coefficient (Wildman–Crippen LogP) is 0.424. The zero-order valence-electron chi connectivity index (χ0n) is 17.6. The third-order valence-corrected chi connectivity index (χ3v) is 5.84. The van der Waals surface area contributed by atoms with Crippen molar-refractivity contribution in [3.05, 3.63) is 35.5 Å². The van der Waals surface area contributed by atoms with Gasteiger partial charge in [-0.1, -0.05) is 0 Å². The van der Waals surface area contributed by atoms with Gasteiger partial charge >= 0.3 is 18.0 Å². The molecule has 1 aliphatic rings. The standard InChI is InChI=1S/C19H25N3O8S/c1-5-29-18(24)16-11(2)20-19(25)21-15(16)10-30-17(23)12(3)22-31(26,27)14-8-6-13(28-4)7-9-14/h6-9,11-12,22H,5,10H2,1-4H3,(H2,20,21,25)/t11?,12-/m0/s1. The number of hydrogen-bond acceptors (Lipinski definition) is 8. The maximum Gasteiger partial charge on any atom is 0.338 e. The zero-order chi connectivity index (χ0) is 23.2. The molecule has 1 aromatic rings. The number of sulfonamides is 1. The highest BCUT2D eigenvalue weighted by atomic mass is 32.2. The van der Waals surface area contributed by atoms with Crippen molar-refractivity contribution < 1.29 is 37.0 Å². The van der Waals surface area contributed by atoms with E-state index in [0.717, 1.165) is 0 Å². The molecule has 1 aliphatic heterocycles. The average Bonchev–Trinajstić information content (AvgIpc) is 2.71. The van der Waals surface area contributed by atoms with E-state index in [0.29, 0.717) is 5.75 Å². The van der Waals surface area contributed by atoms with Gasteiger partial charge in [-0.25, -0.2) is 18.0 Å². The van der Waals surface area contributed by atoms with Crippen LogP contribution in [0.3, 0.4) is 0 Å². The van der Waals surface area contributed by atoms with Gasteiger partial charge in [-0.15, -0.1) is 0 Å². The van der Waals surface area contributed by atoms with E-state index in [4.69, 9.17) is 14.2 Å². The smallest absolute Gasteiger partial charge is 0.338 e. The molecule has 1 heterocycles. The fraction of sp³-hybridized carbons (Fsp3) is 0.421. The molecular formula is C19H25N3O8S. The van der Waals surface area contributed by atoms with Crippen molar-refractivity contribution in [2.45, 2.75) is 37.8 Å². The van der Waals surface area contributed by atoms with Crippen LogP contribution in [0.1, 0.15) is 20.8 Å². The molecule has 11 nitrogen and oxygen atoms in total. The van der Waals surface area contributed by atoms with E-state index >= 15 is 0 Å². The Morgan fingerprint density at radius 3 is 2.42 bits per heavy atom. The van der Waals surface area contributed by atoms with E-state index in [2.05, 4.69) is 15.4 Å². The van der Waals surface area contributed by atoms with Gasteiger partial charge in [0.2, 0.25) is 10.0 Å². The number of ether oxygens (including phenoxy) is 3.